The smallest absolute Gasteiger partial charge is 0.0587 e. The highest BCUT2D eigenvalue weighted by atomic mass is 16.5. The first-order valence-electron chi connectivity index (χ1n) is 6.87. The maximum Gasteiger partial charge on any atom is 0.0587 e. The Balaban J connectivity index is 3.80. The summed E-state index contributed by atoms with van der Waals surface area (Å²) in [6.45, 7) is 8.39. The molecular formula is C14H31NO2. The van der Waals surface area contributed by atoms with E-state index in [0.29, 0.717) is 5.41 Å². The Morgan fingerprint density at radius 1 is 1.00 bits per heavy atom. The van der Waals surface area contributed by atoms with Crippen LogP contribution in [-0.4, -0.2) is 40.5 Å². The van der Waals surface area contributed by atoms with Crippen molar-refractivity contribution in [1.82, 2.24) is 5.32 Å². The van der Waals surface area contributed by atoms with Crippen molar-refractivity contribution < 1.29 is 9.47 Å². The van der Waals surface area contributed by atoms with Gasteiger partial charge in [0.1, 0.15) is 0 Å². The van der Waals surface area contributed by atoms with E-state index in [2.05, 4.69) is 19.2 Å². The van der Waals surface area contributed by atoms with E-state index in [9.17, 15) is 0 Å². The minimum atomic E-state index is 0.427. The van der Waals surface area contributed by atoms with Crippen molar-refractivity contribution in [3.8, 4) is 0 Å². The molecule has 0 aromatic heterocycles. The molecule has 0 saturated heterocycles. The van der Waals surface area contributed by atoms with E-state index in [1.54, 1.807) is 14.2 Å². The van der Waals surface area contributed by atoms with Crippen LogP contribution in [0.4, 0.5) is 0 Å². The molecule has 1 atom stereocenters. The molecule has 3 heteroatoms. The van der Waals surface area contributed by atoms with Gasteiger partial charge in [0, 0.05) is 33.9 Å². The van der Waals surface area contributed by atoms with E-state index in [-0.39, 0.29) is 0 Å². The van der Waals surface area contributed by atoms with Gasteiger partial charge in [0.2, 0.25) is 0 Å². The molecule has 3 nitrogen and oxygen atoms in total. The van der Waals surface area contributed by atoms with Crippen LogP contribution in [0.15, 0.2) is 0 Å². The number of unbranched alkanes of at least 4 members (excludes halogenated alkanes) is 1. The molecule has 1 N–H and O–H groups in total. The third-order valence-corrected chi connectivity index (χ3v) is 3.27. The Morgan fingerprint density at radius 2 is 1.71 bits per heavy atom. The van der Waals surface area contributed by atoms with Crippen LogP contribution in [0.5, 0.6) is 0 Å². The number of rotatable bonds is 12. The van der Waals surface area contributed by atoms with E-state index in [1.165, 1.54) is 32.1 Å². The highest BCUT2D eigenvalue weighted by Gasteiger charge is 2.22. The second-order valence-corrected chi connectivity index (χ2v) is 5.18. The topological polar surface area (TPSA) is 30.5 Å². The lowest BCUT2D eigenvalue weighted by atomic mass is 9.80. The van der Waals surface area contributed by atoms with Crippen LogP contribution in [0.2, 0.25) is 0 Å². The zero-order valence-corrected chi connectivity index (χ0v) is 12.2. The zero-order chi connectivity index (χ0) is 13.0. The molecule has 104 valence electrons. The number of methoxy groups -OCH3 is 2. The summed E-state index contributed by atoms with van der Waals surface area (Å²) < 4.78 is 10.1. The minimum absolute atomic E-state index is 0.427. The largest absolute Gasteiger partial charge is 0.385 e. The predicted octanol–water partition coefficient (Wildman–Crippen LogP) is 2.85. The second kappa shape index (κ2) is 11.0. The lowest BCUT2D eigenvalue weighted by molar-refractivity contribution is 0.173. The van der Waals surface area contributed by atoms with Gasteiger partial charge in [-0.15, -0.1) is 0 Å². The van der Waals surface area contributed by atoms with Crippen molar-refractivity contribution in [3.05, 3.63) is 0 Å². The normalized spacial score (nSPS) is 14.8. The maximum absolute atomic E-state index is 5.10. The summed E-state index contributed by atoms with van der Waals surface area (Å²) in [5, 5.41) is 3.50. The van der Waals surface area contributed by atoms with Gasteiger partial charge in [-0.2, -0.15) is 0 Å². The second-order valence-electron chi connectivity index (χ2n) is 5.18. The Hall–Kier alpha value is -0.120. The Bertz CT molecular complexity index is 150. The minimum Gasteiger partial charge on any atom is -0.385 e. The fraction of sp³-hybridized carbons (Fsp3) is 1.00. The van der Waals surface area contributed by atoms with Crippen LogP contribution in [0.3, 0.4) is 0 Å². The summed E-state index contributed by atoms with van der Waals surface area (Å²) >= 11 is 0. The van der Waals surface area contributed by atoms with Crippen LogP contribution in [0.25, 0.3) is 0 Å². The van der Waals surface area contributed by atoms with Gasteiger partial charge < -0.3 is 14.8 Å². The van der Waals surface area contributed by atoms with Crippen LogP contribution in [0, 0.1) is 5.41 Å². The summed E-state index contributed by atoms with van der Waals surface area (Å²) in [6.07, 6.45) is 6.26. The molecule has 0 aromatic rings. The van der Waals surface area contributed by atoms with Crippen LogP contribution in [0.1, 0.15) is 46.0 Å². The first kappa shape index (κ1) is 16.9. The average Bonchev–Trinajstić information content (AvgIpc) is 2.31. The molecule has 1 unspecified atom stereocenters. The maximum atomic E-state index is 5.10. The number of hydrogen-bond donors (Lipinski definition) is 1. The number of ether oxygens (including phenoxy) is 2. The molecule has 0 saturated carbocycles. The van der Waals surface area contributed by atoms with Crippen molar-refractivity contribution in [2.24, 2.45) is 5.41 Å². The molecule has 0 rings (SSSR count). The van der Waals surface area contributed by atoms with E-state index in [0.717, 1.165) is 26.3 Å². The Morgan fingerprint density at radius 3 is 2.29 bits per heavy atom. The Labute approximate surface area is 107 Å². The lowest BCUT2D eigenvalue weighted by Gasteiger charge is -2.30. The third kappa shape index (κ3) is 9.57. The summed E-state index contributed by atoms with van der Waals surface area (Å²) in [4.78, 5) is 0. The SMILES string of the molecule is CCCC(C)(CCCCOC)CNCCOC. The molecule has 0 radical (unpaired) electrons. The van der Waals surface area contributed by atoms with Crippen molar-refractivity contribution in [2.75, 3.05) is 40.5 Å². The highest BCUT2D eigenvalue weighted by Crippen LogP contribution is 2.28. The molecule has 0 amide bonds. The molecule has 0 aromatic carbocycles. The van der Waals surface area contributed by atoms with Gasteiger partial charge in [-0.3, -0.25) is 0 Å². The monoisotopic (exact) mass is 245 g/mol. The van der Waals surface area contributed by atoms with Crippen molar-refractivity contribution in [3.63, 3.8) is 0 Å². The Kier molecular flexibility index (Phi) is 10.9. The molecule has 0 bridgehead atoms. The summed E-state index contributed by atoms with van der Waals surface area (Å²) in [6, 6.07) is 0. The van der Waals surface area contributed by atoms with Gasteiger partial charge in [0.25, 0.3) is 0 Å². The molecule has 0 aliphatic heterocycles. The van der Waals surface area contributed by atoms with Crippen LogP contribution < -0.4 is 5.32 Å². The summed E-state index contributed by atoms with van der Waals surface area (Å²) in [5.41, 5.74) is 0.427. The fourth-order valence-corrected chi connectivity index (χ4v) is 2.27. The molecule has 0 aliphatic rings. The van der Waals surface area contributed by atoms with Gasteiger partial charge in [-0.1, -0.05) is 26.7 Å². The summed E-state index contributed by atoms with van der Waals surface area (Å²) in [5.74, 6) is 0. The lowest BCUT2D eigenvalue weighted by Crippen LogP contribution is -2.33. The average molecular weight is 245 g/mol. The van der Waals surface area contributed by atoms with Crippen LogP contribution in [-0.2, 0) is 9.47 Å². The molecular weight excluding hydrogens is 214 g/mol. The molecule has 0 heterocycles. The zero-order valence-electron chi connectivity index (χ0n) is 12.2. The van der Waals surface area contributed by atoms with Crippen LogP contribution >= 0.6 is 0 Å². The van der Waals surface area contributed by atoms with Gasteiger partial charge in [0.15, 0.2) is 0 Å². The number of nitrogens with one attached hydrogen (secondary N) is 1. The van der Waals surface area contributed by atoms with Gasteiger partial charge >= 0.3 is 0 Å². The van der Waals surface area contributed by atoms with Crippen molar-refractivity contribution in [1.29, 1.82) is 0 Å². The highest BCUT2D eigenvalue weighted by molar-refractivity contribution is 4.76. The summed E-state index contributed by atoms with van der Waals surface area (Å²) in [7, 11) is 3.52. The van der Waals surface area contributed by atoms with Crippen molar-refractivity contribution >= 4 is 0 Å². The van der Waals surface area contributed by atoms with E-state index >= 15 is 0 Å². The standard InChI is InChI=1S/C14H31NO2/c1-5-8-14(2,9-6-7-11-16-3)13-15-10-12-17-4/h15H,5-13H2,1-4H3. The van der Waals surface area contributed by atoms with Gasteiger partial charge in [0.05, 0.1) is 6.61 Å². The fourth-order valence-electron chi connectivity index (χ4n) is 2.27. The molecule has 0 fully saturated rings. The van der Waals surface area contributed by atoms with E-state index < -0.39 is 0 Å². The first-order valence-corrected chi connectivity index (χ1v) is 6.87. The van der Waals surface area contributed by atoms with Gasteiger partial charge in [-0.25, -0.2) is 0 Å². The predicted molar refractivity (Wildman–Crippen MR) is 73.5 cm³/mol. The van der Waals surface area contributed by atoms with Crippen molar-refractivity contribution in [2.45, 2.75) is 46.0 Å². The van der Waals surface area contributed by atoms with Gasteiger partial charge in [-0.05, 0) is 24.7 Å². The quantitative estimate of drug-likeness (QED) is 0.536. The first-order chi connectivity index (χ1) is 8.18. The van der Waals surface area contributed by atoms with E-state index in [1.807, 2.05) is 0 Å². The number of hydrogen-bond acceptors (Lipinski definition) is 3. The molecule has 0 spiro atoms. The van der Waals surface area contributed by atoms with E-state index in [4.69, 9.17) is 9.47 Å². The third-order valence-electron chi connectivity index (χ3n) is 3.27. The molecule has 0 aliphatic carbocycles. The molecule has 17 heavy (non-hydrogen) atoms.